The molecule has 3 nitrogen and oxygen atoms in total. The summed E-state index contributed by atoms with van der Waals surface area (Å²) >= 11 is 0. The Labute approximate surface area is 195 Å². The Balaban J connectivity index is 1.53. The Bertz CT molecular complexity index is 1330. The second-order valence-electron chi connectivity index (χ2n) is 7.65. The molecule has 0 aromatic heterocycles. The number of esters is 1. The predicted molar refractivity (Wildman–Crippen MR) is 124 cm³/mol. The molecule has 0 saturated heterocycles. The first kappa shape index (κ1) is 23.1. The molecule has 0 atom stereocenters. The Morgan fingerprint density at radius 3 is 1.85 bits per heavy atom. The Kier molecular flexibility index (Phi) is 6.68. The smallest absolute Gasteiger partial charge is 0.343 e. The van der Waals surface area contributed by atoms with Crippen LogP contribution in [0, 0.1) is 24.4 Å². The van der Waals surface area contributed by atoms with Gasteiger partial charge in [0.1, 0.15) is 5.75 Å². The summed E-state index contributed by atoms with van der Waals surface area (Å²) in [5.41, 5.74) is 2.42. The lowest BCUT2D eigenvalue weighted by Crippen LogP contribution is -2.08. The van der Waals surface area contributed by atoms with Crippen LogP contribution in [0.5, 0.6) is 11.5 Å². The van der Waals surface area contributed by atoms with Gasteiger partial charge in [-0.05, 0) is 49.2 Å². The van der Waals surface area contributed by atoms with E-state index in [4.69, 9.17) is 9.47 Å². The van der Waals surface area contributed by atoms with Crippen LogP contribution < -0.4 is 9.47 Å². The third kappa shape index (κ3) is 4.81. The molecule has 6 heteroatoms. The third-order valence-corrected chi connectivity index (χ3v) is 5.29. The van der Waals surface area contributed by atoms with Crippen LogP contribution in [-0.2, 0) is 0 Å². The number of halogens is 3. The zero-order valence-corrected chi connectivity index (χ0v) is 18.6. The number of carbonyl (C=O) groups excluding carboxylic acids is 1. The van der Waals surface area contributed by atoms with E-state index in [1.54, 1.807) is 19.1 Å². The zero-order valence-electron chi connectivity index (χ0n) is 18.6. The highest BCUT2D eigenvalue weighted by Crippen LogP contribution is 2.32. The molecular formula is C28H21F3O3. The summed E-state index contributed by atoms with van der Waals surface area (Å²) in [4.78, 5) is 12.4. The second kappa shape index (κ2) is 9.83. The lowest BCUT2D eigenvalue weighted by Gasteiger charge is -2.10. The fraction of sp³-hybridized carbons (Fsp3) is 0.107. The molecule has 0 bridgehead atoms. The van der Waals surface area contributed by atoms with Crippen molar-refractivity contribution in [3.05, 3.63) is 107 Å². The number of carbonyl (C=O) groups is 1. The standard InChI is InChI=1S/C28H21F3O3/c1-3-33-25-15-12-21(16-24(25)29)34-28(32)20-10-8-19(9-11-20)23-14-13-22(26(30)27(23)31)18-6-4-17(2)5-7-18/h4-16H,3H2,1-2H3. The van der Waals surface area contributed by atoms with Gasteiger partial charge >= 0.3 is 5.97 Å². The molecule has 0 radical (unpaired) electrons. The van der Waals surface area contributed by atoms with E-state index in [1.807, 2.05) is 19.1 Å². The molecule has 0 aliphatic heterocycles. The van der Waals surface area contributed by atoms with Crippen molar-refractivity contribution in [3.8, 4) is 33.8 Å². The fourth-order valence-corrected chi connectivity index (χ4v) is 3.50. The molecular weight excluding hydrogens is 441 g/mol. The van der Waals surface area contributed by atoms with E-state index in [0.717, 1.165) is 11.6 Å². The highest BCUT2D eigenvalue weighted by molar-refractivity contribution is 5.91. The van der Waals surface area contributed by atoms with E-state index in [1.165, 1.54) is 48.5 Å². The van der Waals surface area contributed by atoms with E-state index in [0.29, 0.717) is 17.7 Å². The number of ether oxygens (including phenoxy) is 2. The van der Waals surface area contributed by atoms with Crippen molar-refractivity contribution in [2.45, 2.75) is 13.8 Å². The van der Waals surface area contributed by atoms with Crippen molar-refractivity contribution >= 4 is 5.97 Å². The third-order valence-electron chi connectivity index (χ3n) is 5.29. The maximum Gasteiger partial charge on any atom is 0.343 e. The summed E-state index contributed by atoms with van der Waals surface area (Å²) in [6, 6.07) is 19.9. The largest absolute Gasteiger partial charge is 0.491 e. The molecule has 0 N–H and O–H groups in total. The first-order valence-corrected chi connectivity index (χ1v) is 10.7. The molecule has 172 valence electrons. The van der Waals surface area contributed by atoms with Crippen molar-refractivity contribution in [2.24, 2.45) is 0 Å². The molecule has 0 aliphatic carbocycles. The van der Waals surface area contributed by atoms with Gasteiger partial charge in [-0.3, -0.25) is 0 Å². The van der Waals surface area contributed by atoms with E-state index < -0.39 is 23.4 Å². The molecule has 34 heavy (non-hydrogen) atoms. The summed E-state index contributed by atoms with van der Waals surface area (Å²) in [5, 5.41) is 0. The van der Waals surface area contributed by atoms with Gasteiger partial charge in [0.2, 0.25) is 0 Å². The summed E-state index contributed by atoms with van der Waals surface area (Å²) in [6.45, 7) is 3.96. The molecule has 4 aromatic rings. The number of aryl methyl sites for hydroxylation is 1. The molecule has 0 heterocycles. The molecule has 0 saturated carbocycles. The minimum atomic E-state index is -0.974. The van der Waals surface area contributed by atoms with Gasteiger partial charge in [0.05, 0.1) is 12.2 Å². The van der Waals surface area contributed by atoms with Gasteiger partial charge in [-0.15, -0.1) is 0 Å². The molecule has 0 fully saturated rings. The topological polar surface area (TPSA) is 35.5 Å². The highest BCUT2D eigenvalue weighted by atomic mass is 19.2. The van der Waals surface area contributed by atoms with E-state index in [2.05, 4.69) is 0 Å². The molecule has 4 aromatic carbocycles. The van der Waals surface area contributed by atoms with Crippen molar-refractivity contribution in [1.29, 1.82) is 0 Å². The molecule has 0 spiro atoms. The monoisotopic (exact) mass is 462 g/mol. The average Bonchev–Trinajstić information content (AvgIpc) is 2.83. The minimum absolute atomic E-state index is 0.0230. The van der Waals surface area contributed by atoms with Gasteiger partial charge < -0.3 is 9.47 Å². The summed E-state index contributed by atoms with van der Waals surface area (Å²) in [7, 11) is 0. The van der Waals surface area contributed by atoms with Crippen LogP contribution in [-0.4, -0.2) is 12.6 Å². The van der Waals surface area contributed by atoms with Crippen LogP contribution in [0.3, 0.4) is 0 Å². The number of benzene rings is 4. The average molecular weight is 462 g/mol. The van der Waals surface area contributed by atoms with Crippen LogP contribution in [0.2, 0.25) is 0 Å². The number of rotatable bonds is 6. The molecule has 0 unspecified atom stereocenters. The van der Waals surface area contributed by atoms with E-state index in [-0.39, 0.29) is 28.2 Å². The van der Waals surface area contributed by atoms with Crippen molar-refractivity contribution < 1.29 is 27.4 Å². The van der Waals surface area contributed by atoms with Crippen molar-refractivity contribution in [1.82, 2.24) is 0 Å². The van der Waals surface area contributed by atoms with Crippen LogP contribution in [0.1, 0.15) is 22.8 Å². The van der Waals surface area contributed by atoms with E-state index >= 15 is 0 Å². The molecule has 0 amide bonds. The van der Waals surface area contributed by atoms with Gasteiger partial charge in [-0.1, -0.05) is 54.1 Å². The summed E-state index contributed by atoms with van der Waals surface area (Å²) in [6.07, 6.45) is 0. The van der Waals surface area contributed by atoms with Crippen LogP contribution in [0.4, 0.5) is 13.2 Å². The van der Waals surface area contributed by atoms with E-state index in [9.17, 15) is 18.0 Å². The second-order valence-corrected chi connectivity index (χ2v) is 7.65. The van der Waals surface area contributed by atoms with Gasteiger partial charge in [-0.25, -0.2) is 18.0 Å². The Hall–Kier alpha value is -4.06. The summed E-state index contributed by atoms with van der Waals surface area (Å²) < 4.78 is 54.0. The van der Waals surface area contributed by atoms with Gasteiger partial charge in [0, 0.05) is 17.2 Å². The molecule has 4 rings (SSSR count). The lowest BCUT2D eigenvalue weighted by atomic mass is 9.98. The molecule has 0 aliphatic rings. The van der Waals surface area contributed by atoms with Crippen LogP contribution in [0.15, 0.2) is 78.9 Å². The Morgan fingerprint density at radius 1 is 0.765 bits per heavy atom. The van der Waals surface area contributed by atoms with Crippen LogP contribution >= 0.6 is 0 Å². The van der Waals surface area contributed by atoms with Gasteiger partial charge in [-0.2, -0.15) is 0 Å². The fourth-order valence-electron chi connectivity index (χ4n) is 3.50. The maximum absolute atomic E-state index is 14.9. The minimum Gasteiger partial charge on any atom is -0.491 e. The van der Waals surface area contributed by atoms with Crippen molar-refractivity contribution in [3.63, 3.8) is 0 Å². The SMILES string of the molecule is CCOc1ccc(OC(=O)c2ccc(-c3ccc(-c4ccc(C)cc4)c(F)c3F)cc2)cc1F. The zero-order chi connectivity index (χ0) is 24.2. The van der Waals surface area contributed by atoms with Gasteiger partial charge in [0.15, 0.2) is 23.2 Å². The maximum atomic E-state index is 14.9. The van der Waals surface area contributed by atoms with Crippen molar-refractivity contribution in [2.75, 3.05) is 6.61 Å². The summed E-state index contributed by atoms with van der Waals surface area (Å²) in [5.74, 6) is -3.18. The quantitative estimate of drug-likeness (QED) is 0.222. The number of hydrogen-bond donors (Lipinski definition) is 0. The lowest BCUT2D eigenvalue weighted by molar-refractivity contribution is 0.0734. The first-order valence-electron chi connectivity index (χ1n) is 10.7. The first-order chi connectivity index (χ1) is 16.4. The van der Waals surface area contributed by atoms with Crippen LogP contribution in [0.25, 0.3) is 22.3 Å². The van der Waals surface area contributed by atoms with Gasteiger partial charge in [0.25, 0.3) is 0 Å². The Morgan fingerprint density at radius 2 is 1.32 bits per heavy atom. The number of hydrogen-bond acceptors (Lipinski definition) is 3. The normalized spacial score (nSPS) is 10.7. The highest BCUT2D eigenvalue weighted by Gasteiger charge is 2.17. The predicted octanol–water partition coefficient (Wildman–Crippen LogP) is 7.36.